The first-order valence-corrected chi connectivity index (χ1v) is 14.3. The minimum Gasteiger partial charge on any atom is -0.285 e. The molecule has 1 aliphatic rings. The van der Waals surface area contributed by atoms with Crippen molar-refractivity contribution in [1.82, 2.24) is 0 Å². The van der Waals surface area contributed by atoms with Crippen molar-refractivity contribution in [2.24, 2.45) is 0 Å². The summed E-state index contributed by atoms with van der Waals surface area (Å²) >= 11 is 0. The predicted molar refractivity (Wildman–Crippen MR) is 131 cm³/mol. The summed E-state index contributed by atoms with van der Waals surface area (Å²) in [6, 6.07) is 0. The van der Waals surface area contributed by atoms with Crippen molar-refractivity contribution in [3.8, 4) is 0 Å². The van der Waals surface area contributed by atoms with Crippen molar-refractivity contribution in [3.63, 3.8) is 0 Å². The van der Waals surface area contributed by atoms with E-state index in [2.05, 4.69) is 6.92 Å². The molecule has 0 heterocycles. The fourth-order valence-electron chi connectivity index (χ4n) is 4.48. The van der Waals surface area contributed by atoms with E-state index in [0.717, 1.165) is 12.8 Å². The van der Waals surface area contributed by atoms with E-state index in [-0.39, 0.29) is 0 Å². The molecule has 0 bridgehead atoms. The van der Waals surface area contributed by atoms with Gasteiger partial charge in [0.15, 0.2) is 0 Å². The number of hydrogen-bond donors (Lipinski definition) is 1. The van der Waals surface area contributed by atoms with E-state index in [1.54, 1.807) is 12.2 Å². The van der Waals surface area contributed by atoms with E-state index in [0.29, 0.717) is 12.8 Å². The van der Waals surface area contributed by atoms with Gasteiger partial charge in [-0.15, -0.1) is 0 Å². The molecule has 0 saturated heterocycles. The Labute approximate surface area is 187 Å². The lowest BCUT2D eigenvalue weighted by Gasteiger charge is -2.27. The van der Waals surface area contributed by atoms with E-state index in [4.69, 9.17) is 0 Å². The summed E-state index contributed by atoms with van der Waals surface area (Å²) in [7, 11) is -4.05. The lowest BCUT2D eigenvalue weighted by atomic mass is 9.93. The van der Waals surface area contributed by atoms with Crippen LogP contribution in [-0.4, -0.2) is 17.7 Å². The molecule has 0 aromatic heterocycles. The van der Waals surface area contributed by atoms with Gasteiger partial charge in [-0.25, -0.2) is 0 Å². The number of allylic oxidation sites excluding steroid dienone is 3. The molecule has 0 spiro atoms. The summed E-state index contributed by atoms with van der Waals surface area (Å²) in [5.41, 5.74) is 0. The Bertz CT molecular complexity index is 565. The topological polar surface area (TPSA) is 54.4 Å². The van der Waals surface area contributed by atoms with Gasteiger partial charge in [0.25, 0.3) is 10.1 Å². The van der Waals surface area contributed by atoms with Crippen molar-refractivity contribution >= 4 is 10.1 Å². The molecular weight excluding hydrogens is 392 g/mol. The largest absolute Gasteiger partial charge is 0.285 e. The second kappa shape index (κ2) is 17.0. The molecule has 0 fully saturated rings. The van der Waals surface area contributed by atoms with Gasteiger partial charge in [0, 0.05) is 0 Å². The molecule has 1 N–H and O–H groups in total. The molecule has 30 heavy (non-hydrogen) atoms. The molecule has 4 heteroatoms. The Hall–Kier alpha value is -0.610. The van der Waals surface area contributed by atoms with Crippen LogP contribution in [0.1, 0.15) is 135 Å². The second-order valence-corrected chi connectivity index (χ2v) is 11.1. The van der Waals surface area contributed by atoms with Gasteiger partial charge >= 0.3 is 0 Å². The molecule has 0 aromatic carbocycles. The summed E-state index contributed by atoms with van der Waals surface area (Å²) in [6.07, 6.45) is 31.8. The Kier molecular flexibility index (Phi) is 15.5. The summed E-state index contributed by atoms with van der Waals surface area (Å²) in [5, 5.41) is 0. The van der Waals surface area contributed by atoms with Gasteiger partial charge in [-0.2, -0.15) is 8.42 Å². The van der Waals surface area contributed by atoms with E-state index in [1.807, 2.05) is 12.2 Å². The number of unbranched alkanes of at least 4 members (excludes halogenated alkanes) is 17. The quantitative estimate of drug-likeness (QED) is 0.152. The zero-order chi connectivity index (χ0) is 22.0. The van der Waals surface area contributed by atoms with E-state index >= 15 is 0 Å². The Morgan fingerprint density at radius 2 is 1.07 bits per heavy atom. The van der Waals surface area contributed by atoms with Gasteiger partial charge in [-0.3, -0.25) is 4.55 Å². The zero-order valence-electron chi connectivity index (χ0n) is 19.6. The van der Waals surface area contributed by atoms with Gasteiger partial charge in [-0.05, 0) is 12.8 Å². The summed E-state index contributed by atoms with van der Waals surface area (Å²) in [6.45, 7) is 2.28. The van der Waals surface area contributed by atoms with Crippen LogP contribution in [-0.2, 0) is 10.1 Å². The lowest BCUT2D eigenvalue weighted by Crippen LogP contribution is -2.36. The SMILES string of the molecule is CCCCCCCCCCCCCCCCCCCCC1(S(=O)(=O)O)C=CC=CC1. The van der Waals surface area contributed by atoms with Crippen LogP contribution in [0.15, 0.2) is 24.3 Å². The maximum atomic E-state index is 11.8. The van der Waals surface area contributed by atoms with E-state index in [9.17, 15) is 13.0 Å². The average molecular weight is 441 g/mol. The molecule has 1 unspecified atom stereocenters. The molecule has 0 aromatic rings. The Morgan fingerprint density at radius 3 is 1.40 bits per heavy atom. The van der Waals surface area contributed by atoms with Crippen LogP contribution in [0, 0.1) is 0 Å². The minimum atomic E-state index is -4.05. The maximum absolute atomic E-state index is 11.8. The minimum absolute atomic E-state index is 0.390. The normalized spacial score (nSPS) is 18.9. The van der Waals surface area contributed by atoms with Gasteiger partial charge in [-0.1, -0.05) is 147 Å². The van der Waals surface area contributed by atoms with Crippen molar-refractivity contribution in [3.05, 3.63) is 24.3 Å². The van der Waals surface area contributed by atoms with Gasteiger partial charge in [0.1, 0.15) is 4.75 Å². The van der Waals surface area contributed by atoms with Crippen LogP contribution < -0.4 is 0 Å². The highest BCUT2D eigenvalue weighted by Crippen LogP contribution is 2.32. The third-order valence-corrected chi connectivity index (χ3v) is 8.11. The maximum Gasteiger partial charge on any atom is 0.274 e. The monoisotopic (exact) mass is 440 g/mol. The summed E-state index contributed by atoms with van der Waals surface area (Å²) in [4.78, 5) is 0. The fraction of sp³-hybridized carbons (Fsp3) is 0.846. The van der Waals surface area contributed by atoms with Gasteiger partial charge in [0.2, 0.25) is 0 Å². The first-order valence-electron chi connectivity index (χ1n) is 12.8. The molecule has 1 atom stereocenters. The molecular formula is C26H48O3S. The smallest absolute Gasteiger partial charge is 0.274 e. The van der Waals surface area contributed by atoms with Crippen LogP contribution in [0.5, 0.6) is 0 Å². The number of rotatable bonds is 20. The van der Waals surface area contributed by atoms with Crippen molar-refractivity contribution in [2.45, 2.75) is 140 Å². The van der Waals surface area contributed by atoms with Gasteiger partial charge in [0.05, 0.1) is 0 Å². The second-order valence-electron chi connectivity index (χ2n) is 9.29. The molecule has 0 amide bonds. The predicted octanol–water partition coefficient (Wildman–Crippen LogP) is 8.56. The van der Waals surface area contributed by atoms with Gasteiger partial charge < -0.3 is 0 Å². The molecule has 1 rings (SSSR count). The third kappa shape index (κ3) is 12.3. The fourth-order valence-corrected chi connectivity index (χ4v) is 5.44. The number of hydrogen-bond acceptors (Lipinski definition) is 2. The van der Waals surface area contributed by atoms with E-state index < -0.39 is 14.9 Å². The molecule has 0 radical (unpaired) electrons. The van der Waals surface area contributed by atoms with Crippen LogP contribution in [0.25, 0.3) is 0 Å². The highest BCUT2D eigenvalue weighted by Gasteiger charge is 2.39. The summed E-state index contributed by atoms with van der Waals surface area (Å²) < 4.78 is 32.1. The van der Waals surface area contributed by atoms with Crippen LogP contribution >= 0.6 is 0 Å². The molecule has 3 nitrogen and oxygen atoms in total. The molecule has 1 aliphatic carbocycles. The van der Waals surface area contributed by atoms with Crippen LogP contribution in [0.4, 0.5) is 0 Å². The zero-order valence-corrected chi connectivity index (χ0v) is 20.4. The molecule has 0 saturated carbocycles. The third-order valence-electron chi connectivity index (χ3n) is 6.58. The van der Waals surface area contributed by atoms with Crippen molar-refractivity contribution in [2.75, 3.05) is 0 Å². The summed E-state index contributed by atoms with van der Waals surface area (Å²) in [5.74, 6) is 0. The first kappa shape index (κ1) is 27.4. The van der Waals surface area contributed by atoms with Crippen LogP contribution in [0.2, 0.25) is 0 Å². The van der Waals surface area contributed by atoms with E-state index in [1.165, 1.54) is 103 Å². The Balaban J connectivity index is 1.87. The lowest BCUT2D eigenvalue weighted by molar-refractivity contribution is 0.426. The van der Waals surface area contributed by atoms with Crippen LogP contribution in [0.3, 0.4) is 0 Å². The molecule has 176 valence electrons. The first-order chi connectivity index (χ1) is 14.5. The van der Waals surface area contributed by atoms with Crippen molar-refractivity contribution < 1.29 is 13.0 Å². The Morgan fingerprint density at radius 1 is 0.667 bits per heavy atom. The average Bonchev–Trinajstić information content (AvgIpc) is 2.73. The van der Waals surface area contributed by atoms with Crippen molar-refractivity contribution in [1.29, 1.82) is 0 Å². The standard InChI is InChI=1S/C26H48O3S/c1-2-3-4-5-6-7-8-9-10-11-12-13-14-15-16-17-18-20-23-26(30(27,28)29)24-21-19-22-25-26/h19,21-22,24H,2-18,20,23,25H2,1H3,(H,27,28,29). The highest BCUT2D eigenvalue weighted by molar-refractivity contribution is 7.87. The molecule has 0 aliphatic heterocycles. The highest BCUT2D eigenvalue weighted by atomic mass is 32.2.